The first-order valence-electron chi connectivity index (χ1n) is 4.93. The zero-order valence-electron chi connectivity index (χ0n) is 8.05. The lowest BCUT2D eigenvalue weighted by atomic mass is 10.1. The number of carbonyl (C=O) groups excluding carboxylic acids is 1. The summed E-state index contributed by atoms with van der Waals surface area (Å²) >= 11 is 0. The van der Waals surface area contributed by atoms with Gasteiger partial charge in [-0.2, -0.15) is 0 Å². The highest BCUT2D eigenvalue weighted by molar-refractivity contribution is 5.74. The van der Waals surface area contributed by atoms with Gasteiger partial charge in [0.15, 0.2) is 0 Å². The van der Waals surface area contributed by atoms with Crippen molar-refractivity contribution in [3.63, 3.8) is 0 Å². The minimum atomic E-state index is -0.118. The maximum absolute atomic E-state index is 11.2. The van der Waals surface area contributed by atoms with Gasteiger partial charge in [0.05, 0.1) is 0 Å². The van der Waals surface area contributed by atoms with Crippen LogP contribution in [0.15, 0.2) is 0 Å². The molecule has 1 fully saturated rings. The van der Waals surface area contributed by atoms with Crippen molar-refractivity contribution < 1.29 is 9.90 Å². The third-order valence-corrected chi connectivity index (χ3v) is 2.55. The van der Waals surface area contributed by atoms with Crippen molar-refractivity contribution >= 4 is 6.03 Å². The number of hydrogen-bond donors (Lipinski definition) is 3. The van der Waals surface area contributed by atoms with E-state index in [1.165, 1.54) is 0 Å². The van der Waals surface area contributed by atoms with Crippen LogP contribution < -0.4 is 10.6 Å². The van der Waals surface area contributed by atoms with E-state index in [1.54, 1.807) is 0 Å². The van der Waals surface area contributed by atoms with Gasteiger partial charge in [-0.1, -0.05) is 6.42 Å². The standard InChI is InChI=1S/C9H18N2O2/c1-2-10-9(13)11-8-5-3-4-7(8)6-12/h7-8,12H,2-6H2,1H3,(H2,10,11,13). The van der Waals surface area contributed by atoms with Gasteiger partial charge in [-0.05, 0) is 19.8 Å². The van der Waals surface area contributed by atoms with Crippen LogP contribution >= 0.6 is 0 Å². The van der Waals surface area contributed by atoms with Crippen molar-refractivity contribution in [2.24, 2.45) is 5.92 Å². The second-order valence-electron chi connectivity index (χ2n) is 3.48. The van der Waals surface area contributed by atoms with Gasteiger partial charge in [0.2, 0.25) is 0 Å². The monoisotopic (exact) mass is 186 g/mol. The fourth-order valence-corrected chi connectivity index (χ4v) is 1.83. The number of aliphatic hydroxyl groups is 1. The Labute approximate surface area is 78.7 Å². The Bertz CT molecular complexity index is 173. The molecule has 2 atom stereocenters. The van der Waals surface area contributed by atoms with Crippen LogP contribution in [0.2, 0.25) is 0 Å². The number of amides is 2. The Morgan fingerprint density at radius 1 is 1.54 bits per heavy atom. The topological polar surface area (TPSA) is 61.4 Å². The van der Waals surface area contributed by atoms with Crippen LogP contribution in [-0.2, 0) is 0 Å². The largest absolute Gasteiger partial charge is 0.396 e. The Hall–Kier alpha value is -0.770. The van der Waals surface area contributed by atoms with Gasteiger partial charge >= 0.3 is 6.03 Å². The summed E-state index contributed by atoms with van der Waals surface area (Å²) in [5.41, 5.74) is 0. The summed E-state index contributed by atoms with van der Waals surface area (Å²) in [4.78, 5) is 11.2. The van der Waals surface area contributed by atoms with Crippen LogP contribution in [0.4, 0.5) is 4.79 Å². The molecule has 0 aromatic rings. The van der Waals surface area contributed by atoms with Gasteiger partial charge in [0.1, 0.15) is 0 Å². The van der Waals surface area contributed by atoms with Crippen LogP contribution in [0.25, 0.3) is 0 Å². The molecule has 0 saturated heterocycles. The van der Waals surface area contributed by atoms with E-state index >= 15 is 0 Å². The maximum Gasteiger partial charge on any atom is 0.315 e. The van der Waals surface area contributed by atoms with Gasteiger partial charge in [-0.3, -0.25) is 0 Å². The molecule has 0 radical (unpaired) electrons. The Morgan fingerprint density at radius 3 is 2.92 bits per heavy atom. The summed E-state index contributed by atoms with van der Waals surface area (Å²) in [5.74, 6) is 0.252. The van der Waals surface area contributed by atoms with Crippen molar-refractivity contribution in [1.82, 2.24) is 10.6 Å². The summed E-state index contributed by atoms with van der Waals surface area (Å²) in [6.07, 6.45) is 3.11. The third kappa shape index (κ3) is 2.88. The van der Waals surface area contributed by atoms with E-state index in [2.05, 4.69) is 10.6 Å². The first-order valence-corrected chi connectivity index (χ1v) is 4.93. The summed E-state index contributed by atoms with van der Waals surface area (Å²) < 4.78 is 0. The number of hydrogen-bond acceptors (Lipinski definition) is 2. The molecule has 0 bridgehead atoms. The van der Waals surface area contributed by atoms with Crippen molar-refractivity contribution in [2.45, 2.75) is 32.2 Å². The highest BCUT2D eigenvalue weighted by Crippen LogP contribution is 2.24. The normalized spacial score (nSPS) is 27.2. The van der Waals surface area contributed by atoms with E-state index in [0.29, 0.717) is 6.54 Å². The van der Waals surface area contributed by atoms with Crippen molar-refractivity contribution in [2.75, 3.05) is 13.2 Å². The van der Waals surface area contributed by atoms with Gasteiger partial charge in [0, 0.05) is 25.1 Å². The smallest absolute Gasteiger partial charge is 0.315 e. The molecule has 1 saturated carbocycles. The molecule has 0 aromatic heterocycles. The lowest BCUT2D eigenvalue weighted by Crippen LogP contribution is -2.44. The molecule has 1 aliphatic carbocycles. The van der Waals surface area contributed by atoms with Gasteiger partial charge in [-0.15, -0.1) is 0 Å². The second-order valence-corrected chi connectivity index (χ2v) is 3.48. The maximum atomic E-state index is 11.2. The van der Waals surface area contributed by atoms with Crippen molar-refractivity contribution in [3.8, 4) is 0 Å². The van der Waals surface area contributed by atoms with Gasteiger partial charge in [-0.25, -0.2) is 4.79 Å². The minimum absolute atomic E-state index is 0.118. The number of urea groups is 1. The highest BCUT2D eigenvalue weighted by Gasteiger charge is 2.27. The molecule has 2 amide bonds. The molecule has 2 unspecified atom stereocenters. The number of nitrogens with one attached hydrogen (secondary N) is 2. The molecule has 0 spiro atoms. The summed E-state index contributed by atoms with van der Waals surface area (Å²) in [7, 11) is 0. The zero-order chi connectivity index (χ0) is 9.68. The van der Waals surface area contributed by atoms with E-state index in [1.807, 2.05) is 6.92 Å². The third-order valence-electron chi connectivity index (χ3n) is 2.55. The average molecular weight is 186 g/mol. The predicted molar refractivity (Wildman–Crippen MR) is 50.4 cm³/mol. The number of carbonyl (C=O) groups is 1. The fraction of sp³-hybridized carbons (Fsp3) is 0.889. The lowest BCUT2D eigenvalue weighted by molar-refractivity contribution is 0.199. The molecule has 4 nitrogen and oxygen atoms in total. The first-order chi connectivity index (χ1) is 6.27. The van der Waals surface area contributed by atoms with Crippen LogP contribution in [0.3, 0.4) is 0 Å². The summed E-state index contributed by atoms with van der Waals surface area (Å²) in [6, 6.07) is 0.0457. The van der Waals surface area contributed by atoms with E-state index < -0.39 is 0 Å². The molecule has 0 aromatic carbocycles. The van der Waals surface area contributed by atoms with E-state index in [4.69, 9.17) is 5.11 Å². The predicted octanol–water partition coefficient (Wildman–Crippen LogP) is 0.466. The van der Waals surface area contributed by atoms with Crippen molar-refractivity contribution in [3.05, 3.63) is 0 Å². The first kappa shape index (κ1) is 10.3. The summed E-state index contributed by atoms with van der Waals surface area (Å²) in [5, 5.41) is 14.6. The van der Waals surface area contributed by atoms with Gasteiger partial charge in [0.25, 0.3) is 0 Å². The zero-order valence-corrected chi connectivity index (χ0v) is 8.05. The highest BCUT2D eigenvalue weighted by atomic mass is 16.3. The second kappa shape index (κ2) is 5.07. The number of rotatable bonds is 3. The van der Waals surface area contributed by atoms with Crippen LogP contribution in [0.5, 0.6) is 0 Å². The average Bonchev–Trinajstić information content (AvgIpc) is 2.52. The van der Waals surface area contributed by atoms with Crippen molar-refractivity contribution in [1.29, 1.82) is 0 Å². The summed E-state index contributed by atoms with van der Waals surface area (Å²) in [6.45, 7) is 2.71. The minimum Gasteiger partial charge on any atom is -0.396 e. The SMILES string of the molecule is CCNC(=O)NC1CCCC1CO. The Morgan fingerprint density at radius 2 is 2.31 bits per heavy atom. The van der Waals surface area contributed by atoms with Crippen LogP contribution in [-0.4, -0.2) is 30.3 Å². The molecular weight excluding hydrogens is 168 g/mol. The van der Waals surface area contributed by atoms with E-state index in [9.17, 15) is 4.79 Å². The molecule has 1 aliphatic rings. The van der Waals surface area contributed by atoms with E-state index in [0.717, 1.165) is 19.3 Å². The van der Waals surface area contributed by atoms with E-state index in [-0.39, 0.29) is 24.6 Å². The molecule has 76 valence electrons. The molecular formula is C9H18N2O2. The molecule has 1 rings (SSSR count). The molecule has 13 heavy (non-hydrogen) atoms. The molecule has 4 heteroatoms. The van der Waals surface area contributed by atoms with Crippen LogP contribution in [0, 0.1) is 5.92 Å². The lowest BCUT2D eigenvalue weighted by Gasteiger charge is -2.18. The molecule has 0 aliphatic heterocycles. The molecule has 3 N–H and O–H groups in total. The fourth-order valence-electron chi connectivity index (χ4n) is 1.83. The number of aliphatic hydroxyl groups excluding tert-OH is 1. The Kier molecular flexibility index (Phi) is 4.02. The van der Waals surface area contributed by atoms with Crippen LogP contribution in [0.1, 0.15) is 26.2 Å². The quantitative estimate of drug-likeness (QED) is 0.600. The van der Waals surface area contributed by atoms with Gasteiger partial charge < -0.3 is 15.7 Å². The Balaban J connectivity index is 2.30. The molecule has 0 heterocycles.